The van der Waals surface area contributed by atoms with Crippen LogP contribution in [-0.4, -0.2) is 31.4 Å². The van der Waals surface area contributed by atoms with Crippen LogP contribution in [0.2, 0.25) is 5.15 Å². The first-order valence-electron chi connectivity index (χ1n) is 8.88. The third kappa shape index (κ3) is 3.29. The molecule has 1 aliphatic rings. The molecular weight excluding hydrogens is 380 g/mol. The summed E-state index contributed by atoms with van der Waals surface area (Å²) in [6, 6.07) is 12.4. The lowest BCUT2D eigenvalue weighted by atomic mass is 10.2. The Hall–Kier alpha value is -2.15. The first-order valence-corrected chi connectivity index (χ1v) is 10.2. The van der Waals surface area contributed by atoms with Gasteiger partial charge in [-0.05, 0) is 37.1 Å². The summed E-state index contributed by atoms with van der Waals surface area (Å²) in [5, 5.41) is 2.51. The highest BCUT2D eigenvalue weighted by Gasteiger charge is 2.27. The Morgan fingerprint density at radius 1 is 1.15 bits per heavy atom. The average Bonchev–Trinajstić information content (AvgIpc) is 3.33. The predicted octanol–water partition coefficient (Wildman–Crippen LogP) is 5.10. The third-order valence-corrected chi connectivity index (χ3v) is 6.30. The molecule has 2 unspecified atom stereocenters. The zero-order valence-corrected chi connectivity index (χ0v) is 16.0. The molecular formula is C20H17ClN4OS. The van der Waals surface area contributed by atoms with Gasteiger partial charge in [-0.25, -0.2) is 9.97 Å². The molecule has 1 aliphatic heterocycles. The Bertz CT molecular complexity index is 1120. The van der Waals surface area contributed by atoms with Gasteiger partial charge < -0.3 is 9.30 Å². The number of ether oxygens (including phenoxy) is 1. The highest BCUT2D eigenvalue weighted by atomic mass is 35.5. The Balaban J connectivity index is 1.27. The lowest BCUT2D eigenvalue weighted by Gasteiger charge is -2.16. The minimum Gasteiger partial charge on any atom is -0.354 e. The van der Waals surface area contributed by atoms with Gasteiger partial charge in [0.15, 0.2) is 0 Å². The van der Waals surface area contributed by atoms with Gasteiger partial charge in [-0.15, -0.1) is 11.8 Å². The first kappa shape index (κ1) is 17.0. The van der Waals surface area contributed by atoms with Gasteiger partial charge in [0.1, 0.15) is 23.4 Å². The number of halogens is 1. The fraction of sp³-hybridized carbons (Fsp3) is 0.250. The second-order valence-corrected chi connectivity index (χ2v) is 8.04. The van der Waals surface area contributed by atoms with Crippen molar-refractivity contribution in [3.8, 4) is 0 Å². The maximum absolute atomic E-state index is 6.29. The molecule has 5 nitrogen and oxygen atoms in total. The molecule has 7 heteroatoms. The maximum atomic E-state index is 6.29. The molecule has 0 spiro atoms. The van der Waals surface area contributed by atoms with Crippen LogP contribution in [0.1, 0.15) is 19.1 Å². The zero-order valence-electron chi connectivity index (χ0n) is 14.5. The first-order chi connectivity index (χ1) is 13.3. The zero-order chi connectivity index (χ0) is 18.2. The number of thioether (sulfide) groups is 1. The van der Waals surface area contributed by atoms with Gasteiger partial charge in [0, 0.05) is 28.4 Å². The predicted molar refractivity (Wildman–Crippen MR) is 108 cm³/mol. The topological polar surface area (TPSA) is 52.8 Å². The van der Waals surface area contributed by atoms with Gasteiger partial charge in [-0.2, -0.15) is 0 Å². The molecule has 1 aromatic carbocycles. The molecule has 3 aromatic heterocycles. The molecule has 4 aromatic rings. The number of benzene rings is 1. The number of nitrogens with zero attached hydrogens (tertiary/aromatic N) is 4. The number of aromatic nitrogens is 4. The number of rotatable bonds is 4. The SMILES string of the molecule is Clc1ncnc2c1ccn2C1CCC(CSc2ccc3cccnc3c2)O1. The van der Waals surface area contributed by atoms with Crippen LogP contribution in [-0.2, 0) is 4.74 Å². The van der Waals surface area contributed by atoms with Crippen LogP contribution < -0.4 is 0 Å². The number of fused-ring (bicyclic) bond motifs is 2. The normalized spacial score (nSPS) is 19.9. The Kier molecular flexibility index (Phi) is 4.47. The minimum atomic E-state index is -0.00247. The van der Waals surface area contributed by atoms with Crippen molar-refractivity contribution in [1.82, 2.24) is 19.5 Å². The van der Waals surface area contributed by atoms with E-state index in [1.54, 1.807) is 0 Å². The van der Waals surface area contributed by atoms with E-state index in [-0.39, 0.29) is 12.3 Å². The fourth-order valence-electron chi connectivity index (χ4n) is 3.51. The van der Waals surface area contributed by atoms with E-state index >= 15 is 0 Å². The van der Waals surface area contributed by atoms with E-state index in [2.05, 4.69) is 43.8 Å². The Morgan fingerprint density at radius 2 is 2.11 bits per heavy atom. The number of pyridine rings is 1. The second kappa shape index (κ2) is 7.11. The molecule has 5 rings (SSSR count). The van der Waals surface area contributed by atoms with Gasteiger partial charge in [0.25, 0.3) is 0 Å². The van der Waals surface area contributed by atoms with Crippen LogP contribution in [0.15, 0.2) is 60.0 Å². The monoisotopic (exact) mass is 396 g/mol. The van der Waals surface area contributed by atoms with Gasteiger partial charge in [0.05, 0.1) is 17.0 Å². The molecule has 0 amide bonds. The van der Waals surface area contributed by atoms with Crippen molar-refractivity contribution in [3.63, 3.8) is 0 Å². The van der Waals surface area contributed by atoms with Crippen molar-refractivity contribution in [2.75, 3.05) is 5.75 Å². The minimum absolute atomic E-state index is 0.00247. The van der Waals surface area contributed by atoms with Crippen molar-refractivity contribution in [2.45, 2.75) is 30.1 Å². The summed E-state index contributed by atoms with van der Waals surface area (Å²) in [7, 11) is 0. The van der Waals surface area contributed by atoms with Crippen LogP contribution in [0.3, 0.4) is 0 Å². The van der Waals surface area contributed by atoms with Crippen molar-refractivity contribution in [3.05, 3.63) is 60.3 Å². The lowest BCUT2D eigenvalue weighted by molar-refractivity contribution is 0.0157. The average molecular weight is 397 g/mol. The molecule has 1 fully saturated rings. The van der Waals surface area contributed by atoms with Crippen LogP contribution in [0.25, 0.3) is 21.9 Å². The fourth-order valence-corrected chi connectivity index (χ4v) is 4.69. The highest BCUT2D eigenvalue weighted by Crippen LogP contribution is 2.34. The summed E-state index contributed by atoms with van der Waals surface area (Å²) in [4.78, 5) is 14.1. The Morgan fingerprint density at radius 3 is 3.07 bits per heavy atom. The van der Waals surface area contributed by atoms with E-state index in [0.717, 1.165) is 35.1 Å². The highest BCUT2D eigenvalue weighted by molar-refractivity contribution is 7.99. The molecule has 0 radical (unpaired) electrons. The summed E-state index contributed by atoms with van der Waals surface area (Å²) in [6.45, 7) is 0. The van der Waals surface area contributed by atoms with Crippen LogP contribution >= 0.6 is 23.4 Å². The van der Waals surface area contributed by atoms with E-state index in [4.69, 9.17) is 16.3 Å². The molecule has 0 aliphatic carbocycles. The molecule has 136 valence electrons. The van der Waals surface area contributed by atoms with E-state index in [1.165, 1.54) is 16.6 Å². The van der Waals surface area contributed by atoms with E-state index in [9.17, 15) is 0 Å². The standard InChI is InChI=1S/C20H17ClN4OS/c21-19-16-7-9-25(20(16)24-12-23-19)18-6-4-14(26-18)11-27-15-5-3-13-2-1-8-22-17(13)10-15/h1-3,5,7-10,12,14,18H,4,6,11H2. The quantitative estimate of drug-likeness (QED) is 0.354. The summed E-state index contributed by atoms with van der Waals surface area (Å²) in [5.74, 6) is 0.920. The Labute approximate surface area is 165 Å². The van der Waals surface area contributed by atoms with Crippen molar-refractivity contribution >= 4 is 45.3 Å². The number of hydrogen-bond acceptors (Lipinski definition) is 5. The van der Waals surface area contributed by atoms with Crippen molar-refractivity contribution in [1.29, 1.82) is 0 Å². The van der Waals surface area contributed by atoms with E-state index in [0.29, 0.717) is 5.15 Å². The van der Waals surface area contributed by atoms with E-state index < -0.39 is 0 Å². The van der Waals surface area contributed by atoms with Gasteiger partial charge in [-0.3, -0.25) is 4.98 Å². The summed E-state index contributed by atoms with van der Waals surface area (Å²) < 4.78 is 8.35. The molecule has 0 bridgehead atoms. The number of hydrogen-bond donors (Lipinski definition) is 0. The smallest absolute Gasteiger partial charge is 0.146 e. The maximum Gasteiger partial charge on any atom is 0.146 e. The van der Waals surface area contributed by atoms with Gasteiger partial charge in [0.2, 0.25) is 0 Å². The van der Waals surface area contributed by atoms with Crippen molar-refractivity contribution < 1.29 is 4.74 Å². The largest absolute Gasteiger partial charge is 0.354 e. The van der Waals surface area contributed by atoms with Crippen molar-refractivity contribution in [2.24, 2.45) is 0 Å². The van der Waals surface area contributed by atoms with Crippen LogP contribution in [0.5, 0.6) is 0 Å². The van der Waals surface area contributed by atoms with Crippen LogP contribution in [0.4, 0.5) is 0 Å². The molecule has 0 saturated carbocycles. The molecule has 27 heavy (non-hydrogen) atoms. The van der Waals surface area contributed by atoms with Crippen LogP contribution in [0, 0.1) is 0 Å². The summed E-state index contributed by atoms with van der Waals surface area (Å²) in [6.07, 6.45) is 7.53. The lowest BCUT2D eigenvalue weighted by Crippen LogP contribution is -2.13. The van der Waals surface area contributed by atoms with E-state index in [1.807, 2.05) is 36.3 Å². The molecule has 1 saturated heterocycles. The second-order valence-electron chi connectivity index (χ2n) is 6.58. The summed E-state index contributed by atoms with van der Waals surface area (Å²) >= 11 is 7.97. The van der Waals surface area contributed by atoms with Gasteiger partial charge >= 0.3 is 0 Å². The molecule has 0 N–H and O–H groups in total. The molecule has 4 heterocycles. The summed E-state index contributed by atoms with van der Waals surface area (Å²) in [5.41, 5.74) is 1.86. The molecule has 2 atom stereocenters. The van der Waals surface area contributed by atoms with Gasteiger partial charge in [-0.1, -0.05) is 23.7 Å². The third-order valence-electron chi connectivity index (χ3n) is 4.87.